The molecule has 2 fully saturated rings. The lowest BCUT2D eigenvalue weighted by Crippen LogP contribution is -2.52. The standard InChI is InChI=1S/C30H47N5O7/c31-22(29(40)41)13-15-33-30(42)35-24(18-20-9-5-2-6-10-20)28(39)32-16-14-25(36)34-23(17-19-7-3-1-4-8-19)27(38)26(37)21-11-12-21/h2,5-6,9-10,19,21-24,26-27,37-38H,1,3-4,7-8,11-18,31H2,(H,32,39)(H,34,36)(H,40,41)(H2,33,35,42)/t22?,23-,24-,26-,27+/m0/s1. The smallest absolute Gasteiger partial charge is 0.320 e. The van der Waals surface area contributed by atoms with Gasteiger partial charge in [-0.05, 0) is 43.1 Å². The van der Waals surface area contributed by atoms with Gasteiger partial charge in [-0.1, -0.05) is 62.4 Å². The van der Waals surface area contributed by atoms with Crippen molar-refractivity contribution in [1.29, 1.82) is 0 Å². The average Bonchev–Trinajstić information content (AvgIpc) is 3.82. The number of hydrogen-bond donors (Lipinski definition) is 8. The number of carbonyl (C=O) groups is 4. The highest BCUT2D eigenvalue weighted by atomic mass is 16.4. The van der Waals surface area contributed by atoms with Crippen molar-refractivity contribution in [3.05, 3.63) is 35.9 Å². The van der Waals surface area contributed by atoms with E-state index in [1.165, 1.54) is 6.42 Å². The SMILES string of the molecule is NC(CCNC(=O)N[C@@H](Cc1ccccc1)C(=O)NCCC(=O)N[C@@H](CC1CCCCC1)[C@@H](O)[C@@H](O)C1CC1)C(=O)O. The summed E-state index contributed by atoms with van der Waals surface area (Å²) >= 11 is 0. The van der Waals surface area contributed by atoms with Gasteiger partial charge < -0.3 is 42.3 Å². The van der Waals surface area contributed by atoms with E-state index in [0.717, 1.165) is 44.1 Å². The fourth-order valence-corrected chi connectivity index (χ4v) is 5.45. The van der Waals surface area contributed by atoms with Crippen LogP contribution in [0, 0.1) is 11.8 Å². The molecule has 4 amide bonds. The number of carbonyl (C=O) groups excluding carboxylic acids is 3. The van der Waals surface area contributed by atoms with Crippen LogP contribution in [0.4, 0.5) is 4.79 Å². The van der Waals surface area contributed by atoms with Crippen molar-refractivity contribution < 1.29 is 34.5 Å². The normalized spacial score (nSPS) is 19.0. The van der Waals surface area contributed by atoms with Gasteiger partial charge in [-0.15, -0.1) is 0 Å². The van der Waals surface area contributed by atoms with Gasteiger partial charge in [-0.25, -0.2) is 4.79 Å². The van der Waals surface area contributed by atoms with Gasteiger partial charge in [0.1, 0.15) is 18.2 Å². The Kier molecular flexibility index (Phi) is 13.5. The molecule has 0 bridgehead atoms. The average molecular weight is 590 g/mol. The minimum Gasteiger partial charge on any atom is -0.480 e. The lowest BCUT2D eigenvalue weighted by atomic mass is 9.82. The number of aliphatic hydroxyl groups excluding tert-OH is 2. The first kappa shape index (κ1) is 33.3. The minimum absolute atomic E-state index is 0.0163. The molecule has 0 radical (unpaired) electrons. The third kappa shape index (κ3) is 11.6. The van der Waals surface area contributed by atoms with Crippen LogP contribution in [0.2, 0.25) is 0 Å². The van der Waals surface area contributed by atoms with Gasteiger partial charge in [0, 0.05) is 25.9 Å². The lowest BCUT2D eigenvalue weighted by Gasteiger charge is -2.32. The summed E-state index contributed by atoms with van der Waals surface area (Å²) in [6.45, 7) is 0.0343. The molecule has 12 nitrogen and oxygen atoms in total. The van der Waals surface area contributed by atoms with Gasteiger partial charge in [0.2, 0.25) is 11.8 Å². The molecule has 2 aliphatic carbocycles. The number of aliphatic carboxylic acids is 1. The van der Waals surface area contributed by atoms with Crippen molar-refractivity contribution in [2.75, 3.05) is 13.1 Å². The lowest BCUT2D eigenvalue weighted by molar-refractivity contribution is -0.138. The number of nitrogens with one attached hydrogen (secondary N) is 4. The molecular formula is C30H47N5O7. The quantitative estimate of drug-likeness (QED) is 0.130. The van der Waals surface area contributed by atoms with E-state index in [1.54, 1.807) is 0 Å². The van der Waals surface area contributed by atoms with Crippen LogP contribution in [0.5, 0.6) is 0 Å². The molecular weight excluding hydrogens is 542 g/mol. The summed E-state index contributed by atoms with van der Waals surface area (Å²) in [5, 5.41) is 41.1. The number of benzene rings is 1. The van der Waals surface area contributed by atoms with E-state index in [-0.39, 0.29) is 44.2 Å². The summed E-state index contributed by atoms with van der Waals surface area (Å²) in [6, 6.07) is 5.87. The van der Waals surface area contributed by atoms with E-state index in [0.29, 0.717) is 12.3 Å². The molecule has 0 aliphatic heterocycles. The van der Waals surface area contributed by atoms with Crippen LogP contribution < -0.4 is 27.0 Å². The molecule has 42 heavy (non-hydrogen) atoms. The zero-order valence-electron chi connectivity index (χ0n) is 24.2. The number of amides is 4. The molecule has 0 heterocycles. The largest absolute Gasteiger partial charge is 0.480 e. The number of urea groups is 1. The summed E-state index contributed by atoms with van der Waals surface area (Å²) in [5.74, 6) is -1.52. The highest BCUT2D eigenvalue weighted by Gasteiger charge is 2.39. The molecule has 9 N–H and O–H groups in total. The Morgan fingerprint density at radius 3 is 2.24 bits per heavy atom. The molecule has 3 rings (SSSR count). The van der Waals surface area contributed by atoms with E-state index < -0.39 is 48.2 Å². The van der Waals surface area contributed by atoms with Crippen LogP contribution in [0.15, 0.2) is 30.3 Å². The number of carboxylic acid groups (broad SMARTS) is 1. The van der Waals surface area contributed by atoms with E-state index in [1.807, 2.05) is 30.3 Å². The predicted octanol–water partition coefficient (Wildman–Crippen LogP) is 0.792. The number of carboxylic acids is 1. The van der Waals surface area contributed by atoms with Crippen molar-refractivity contribution in [3.63, 3.8) is 0 Å². The highest BCUT2D eigenvalue weighted by Crippen LogP contribution is 2.36. The molecule has 2 saturated carbocycles. The summed E-state index contributed by atoms with van der Waals surface area (Å²) < 4.78 is 0. The van der Waals surface area contributed by atoms with Gasteiger partial charge >= 0.3 is 12.0 Å². The van der Waals surface area contributed by atoms with Crippen LogP contribution in [-0.4, -0.2) is 82.6 Å². The van der Waals surface area contributed by atoms with Crippen LogP contribution in [0.3, 0.4) is 0 Å². The third-order valence-corrected chi connectivity index (χ3v) is 8.14. The van der Waals surface area contributed by atoms with Crippen LogP contribution in [0.25, 0.3) is 0 Å². The maximum absolute atomic E-state index is 13.0. The summed E-state index contributed by atoms with van der Waals surface area (Å²) in [5.41, 5.74) is 6.28. The number of rotatable bonds is 17. The van der Waals surface area contributed by atoms with Gasteiger partial charge in [-0.3, -0.25) is 14.4 Å². The topological polar surface area (TPSA) is 203 Å². The van der Waals surface area contributed by atoms with Gasteiger partial charge in [-0.2, -0.15) is 0 Å². The second-order valence-electron chi connectivity index (χ2n) is 11.6. The van der Waals surface area contributed by atoms with Gasteiger partial charge in [0.25, 0.3) is 0 Å². The zero-order chi connectivity index (χ0) is 30.5. The molecule has 1 aromatic rings. The molecule has 0 spiro atoms. The molecule has 0 aromatic heterocycles. The van der Waals surface area contributed by atoms with Crippen molar-refractivity contribution in [2.24, 2.45) is 17.6 Å². The van der Waals surface area contributed by atoms with Crippen molar-refractivity contribution >= 4 is 23.8 Å². The number of aliphatic hydroxyl groups is 2. The summed E-state index contributed by atoms with van der Waals surface area (Å²) in [6.07, 6.45) is 6.20. The Balaban J connectivity index is 1.51. The number of hydrogen-bond acceptors (Lipinski definition) is 7. The first-order valence-corrected chi connectivity index (χ1v) is 15.1. The Morgan fingerprint density at radius 2 is 1.60 bits per heavy atom. The third-order valence-electron chi connectivity index (χ3n) is 8.14. The Hall–Kier alpha value is -3.22. The van der Waals surface area contributed by atoms with Gasteiger partial charge in [0.05, 0.1) is 12.1 Å². The van der Waals surface area contributed by atoms with Crippen molar-refractivity contribution in [3.8, 4) is 0 Å². The molecule has 2 aliphatic rings. The highest BCUT2D eigenvalue weighted by molar-refractivity contribution is 5.87. The molecule has 5 atom stereocenters. The van der Waals surface area contributed by atoms with Crippen LogP contribution in [-0.2, 0) is 20.8 Å². The molecule has 12 heteroatoms. The fraction of sp³-hybridized carbons (Fsp3) is 0.667. The monoisotopic (exact) mass is 589 g/mol. The van der Waals surface area contributed by atoms with E-state index in [9.17, 15) is 29.4 Å². The molecule has 1 aromatic carbocycles. The Bertz CT molecular complexity index is 1020. The first-order chi connectivity index (χ1) is 20.1. The molecule has 234 valence electrons. The first-order valence-electron chi connectivity index (χ1n) is 15.1. The summed E-state index contributed by atoms with van der Waals surface area (Å²) in [7, 11) is 0. The predicted molar refractivity (Wildman–Crippen MR) is 156 cm³/mol. The van der Waals surface area contributed by atoms with E-state index in [4.69, 9.17) is 10.8 Å². The molecule has 0 saturated heterocycles. The van der Waals surface area contributed by atoms with Crippen LogP contribution >= 0.6 is 0 Å². The van der Waals surface area contributed by atoms with Crippen molar-refractivity contribution in [2.45, 2.75) is 101 Å². The fourth-order valence-electron chi connectivity index (χ4n) is 5.45. The van der Waals surface area contributed by atoms with Gasteiger partial charge in [0.15, 0.2) is 0 Å². The Morgan fingerprint density at radius 1 is 0.905 bits per heavy atom. The second-order valence-corrected chi connectivity index (χ2v) is 11.6. The maximum Gasteiger partial charge on any atom is 0.320 e. The Labute approximate surface area is 247 Å². The van der Waals surface area contributed by atoms with Crippen LogP contribution in [0.1, 0.15) is 69.8 Å². The van der Waals surface area contributed by atoms with E-state index in [2.05, 4.69) is 21.3 Å². The minimum atomic E-state index is -1.17. The zero-order valence-corrected chi connectivity index (χ0v) is 24.2. The maximum atomic E-state index is 13.0. The molecule has 1 unspecified atom stereocenters. The van der Waals surface area contributed by atoms with E-state index >= 15 is 0 Å². The van der Waals surface area contributed by atoms with Crippen molar-refractivity contribution in [1.82, 2.24) is 21.3 Å². The second kappa shape index (κ2) is 17.0. The summed E-state index contributed by atoms with van der Waals surface area (Å²) in [4.78, 5) is 49.2. The number of nitrogens with two attached hydrogens (primary N) is 1.